The lowest BCUT2D eigenvalue weighted by atomic mass is 9.90. The van der Waals surface area contributed by atoms with Crippen LogP contribution in [0.15, 0.2) is 60.7 Å². The maximum Gasteiger partial charge on any atom is 0.224 e. The summed E-state index contributed by atoms with van der Waals surface area (Å²) in [4.78, 5) is 6.37. The third kappa shape index (κ3) is 3.20. The second kappa shape index (κ2) is 8.00. The lowest BCUT2D eigenvalue weighted by Gasteiger charge is -2.14. The highest BCUT2D eigenvalue weighted by molar-refractivity contribution is 6.05. The molecule has 0 aliphatic carbocycles. The second-order valence-electron chi connectivity index (χ2n) is 6.87. The first kappa shape index (κ1) is 20.2. The van der Waals surface area contributed by atoms with Gasteiger partial charge in [0, 0.05) is 0 Å². The molecule has 0 fully saturated rings. The Morgan fingerprint density at radius 2 is 1.06 bits per heavy atom. The molecule has 0 N–H and O–H groups in total. The predicted octanol–water partition coefficient (Wildman–Crippen LogP) is 7.30. The van der Waals surface area contributed by atoms with Gasteiger partial charge in [-0.15, -0.1) is 0 Å². The summed E-state index contributed by atoms with van der Waals surface area (Å²) in [7, 11) is 0. The smallest absolute Gasteiger partial charge is 0.224 e. The molecule has 0 amide bonds. The lowest BCUT2D eigenvalue weighted by Crippen LogP contribution is -1.91. The number of nitriles is 2. The van der Waals surface area contributed by atoms with Crippen LogP contribution in [0.1, 0.15) is 11.1 Å². The summed E-state index contributed by atoms with van der Waals surface area (Å²) >= 11 is 0. The van der Waals surface area contributed by atoms with Crippen LogP contribution in [0.2, 0.25) is 0 Å². The van der Waals surface area contributed by atoms with Crippen molar-refractivity contribution >= 4 is 22.1 Å². The first-order valence-corrected chi connectivity index (χ1v) is 9.27. The summed E-state index contributed by atoms with van der Waals surface area (Å²) in [6.45, 7) is 14.4. The molecular weight excluding hydrogens is 406 g/mol. The fourth-order valence-corrected chi connectivity index (χ4v) is 3.66. The van der Waals surface area contributed by atoms with Gasteiger partial charge in [0.15, 0.2) is 0 Å². The van der Waals surface area contributed by atoms with Crippen LogP contribution in [-0.2, 0) is 0 Å². The SMILES string of the molecule is [C-]#[N+]c1cc(-c2ccc(-c3cc(C#N)c(F)c([N+]#[C-])c3)c3ccccc23)cc(C#N)c1F. The van der Waals surface area contributed by atoms with E-state index in [1.54, 1.807) is 24.3 Å². The van der Waals surface area contributed by atoms with Gasteiger partial charge in [0.1, 0.15) is 23.8 Å². The molecule has 0 heterocycles. The van der Waals surface area contributed by atoms with Crippen molar-refractivity contribution in [2.75, 3.05) is 0 Å². The first-order chi connectivity index (χ1) is 15.5. The van der Waals surface area contributed by atoms with Gasteiger partial charge in [-0.2, -0.15) is 10.5 Å². The van der Waals surface area contributed by atoms with Crippen LogP contribution >= 0.6 is 0 Å². The number of nitrogens with zero attached hydrogens (tertiary/aromatic N) is 4. The number of benzene rings is 4. The number of rotatable bonds is 2. The average Bonchev–Trinajstić information content (AvgIpc) is 2.83. The summed E-state index contributed by atoms with van der Waals surface area (Å²) in [5.74, 6) is -1.71. The fraction of sp³-hybridized carbons (Fsp3) is 0. The van der Waals surface area contributed by atoms with Crippen LogP contribution in [0.4, 0.5) is 20.2 Å². The van der Waals surface area contributed by atoms with Gasteiger partial charge in [-0.05, 0) is 57.3 Å². The minimum Gasteiger partial charge on any atom is -0.235 e. The summed E-state index contributed by atoms with van der Waals surface area (Å²) in [6.07, 6.45) is 0. The fourth-order valence-electron chi connectivity index (χ4n) is 3.66. The van der Waals surface area contributed by atoms with E-state index in [-0.39, 0.29) is 22.5 Å². The van der Waals surface area contributed by atoms with E-state index in [9.17, 15) is 19.3 Å². The van der Waals surface area contributed by atoms with Crippen molar-refractivity contribution in [3.63, 3.8) is 0 Å². The van der Waals surface area contributed by atoms with Crippen LogP contribution in [0.5, 0.6) is 0 Å². The van der Waals surface area contributed by atoms with E-state index < -0.39 is 11.6 Å². The summed E-state index contributed by atoms with van der Waals surface area (Å²) in [6, 6.07) is 20.0. The predicted molar refractivity (Wildman–Crippen MR) is 117 cm³/mol. The normalized spacial score (nSPS) is 10.1. The molecule has 0 bridgehead atoms. The van der Waals surface area contributed by atoms with Crippen molar-refractivity contribution in [3.8, 4) is 34.4 Å². The van der Waals surface area contributed by atoms with Crippen LogP contribution < -0.4 is 0 Å². The van der Waals surface area contributed by atoms with Crippen molar-refractivity contribution in [3.05, 3.63) is 106 Å². The Kier molecular flexibility index (Phi) is 5.06. The minimum atomic E-state index is -0.853. The van der Waals surface area contributed by atoms with E-state index in [1.165, 1.54) is 24.3 Å². The van der Waals surface area contributed by atoms with Crippen molar-refractivity contribution in [2.24, 2.45) is 0 Å². The standard InChI is InChI=1S/C26H10F2N4/c1-31-23-11-15(9-17(13-29)25(23)27)19-7-8-20(22-6-4-3-5-21(19)22)16-10-18(14-30)26(28)24(12-16)32-2/h3-12H. The Morgan fingerprint density at radius 1 is 0.656 bits per heavy atom. The molecule has 4 nitrogen and oxygen atoms in total. The van der Waals surface area contributed by atoms with Gasteiger partial charge in [0.2, 0.25) is 11.4 Å². The molecule has 0 aromatic heterocycles. The molecule has 0 aliphatic heterocycles. The molecule has 4 aromatic rings. The third-order valence-corrected chi connectivity index (χ3v) is 5.13. The molecule has 0 saturated heterocycles. The minimum absolute atomic E-state index is 0.222. The largest absolute Gasteiger partial charge is 0.235 e. The Hall–Kier alpha value is -5.04. The molecule has 4 aromatic carbocycles. The molecule has 0 unspecified atom stereocenters. The summed E-state index contributed by atoms with van der Waals surface area (Å²) in [5, 5.41) is 20.0. The molecule has 0 aliphatic rings. The van der Waals surface area contributed by atoms with Gasteiger partial charge in [-0.3, -0.25) is 0 Å². The molecular formula is C26H10F2N4. The van der Waals surface area contributed by atoms with E-state index in [4.69, 9.17) is 13.1 Å². The Balaban J connectivity index is 2.02. The van der Waals surface area contributed by atoms with Gasteiger partial charge in [0.05, 0.1) is 24.3 Å². The molecule has 4 rings (SSSR count). The zero-order chi connectivity index (χ0) is 22.8. The Morgan fingerprint density at radius 3 is 1.41 bits per heavy atom. The second-order valence-corrected chi connectivity index (χ2v) is 6.87. The molecule has 32 heavy (non-hydrogen) atoms. The van der Waals surface area contributed by atoms with E-state index >= 15 is 0 Å². The van der Waals surface area contributed by atoms with Gasteiger partial charge < -0.3 is 0 Å². The topological polar surface area (TPSA) is 56.3 Å². The molecule has 6 heteroatoms. The van der Waals surface area contributed by atoms with Crippen molar-refractivity contribution in [2.45, 2.75) is 0 Å². The Labute approximate surface area is 182 Å². The Bertz CT molecular complexity index is 1400. The van der Waals surface area contributed by atoms with Crippen molar-refractivity contribution in [1.82, 2.24) is 0 Å². The number of hydrogen-bond donors (Lipinski definition) is 0. The number of halogens is 2. The van der Waals surface area contributed by atoms with Gasteiger partial charge in [-0.1, -0.05) is 36.4 Å². The quantitative estimate of drug-likeness (QED) is 0.322. The van der Waals surface area contributed by atoms with Crippen molar-refractivity contribution in [1.29, 1.82) is 10.5 Å². The highest BCUT2D eigenvalue weighted by atomic mass is 19.1. The van der Waals surface area contributed by atoms with Crippen molar-refractivity contribution < 1.29 is 8.78 Å². The first-order valence-electron chi connectivity index (χ1n) is 9.27. The monoisotopic (exact) mass is 416 g/mol. The van der Waals surface area contributed by atoms with Crippen LogP contribution in [0.3, 0.4) is 0 Å². The summed E-state index contributed by atoms with van der Waals surface area (Å²) < 4.78 is 28.5. The number of fused-ring (bicyclic) bond motifs is 1. The summed E-state index contributed by atoms with van der Waals surface area (Å²) in [5.41, 5.74) is 1.45. The zero-order valence-electron chi connectivity index (χ0n) is 16.3. The van der Waals surface area contributed by atoms with Crippen LogP contribution in [-0.4, -0.2) is 0 Å². The highest BCUT2D eigenvalue weighted by Crippen LogP contribution is 2.39. The van der Waals surface area contributed by atoms with Crippen LogP contribution in [0, 0.1) is 47.4 Å². The molecule has 0 spiro atoms. The van der Waals surface area contributed by atoms with E-state index in [0.29, 0.717) is 22.3 Å². The van der Waals surface area contributed by atoms with E-state index in [1.807, 2.05) is 24.3 Å². The maximum atomic E-state index is 14.2. The molecule has 0 saturated carbocycles. The van der Waals surface area contributed by atoms with Crippen LogP contribution in [0.25, 0.3) is 42.7 Å². The molecule has 0 atom stereocenters. The molecule has 148 valence electrons. The van der Waals surface area contributed by atoms with E-state index in [2.05, 4.69) is 9.69 Å². The molecule has 0 radical (unpaired) electrons. The third-order valence-electron chi connectivity index (χ3n) is 5.13. The zero-order valence-corrected chi connectivity index (χ0v) is 16.3. The lowest BCUT2D eigenvalue weighted by molar-refractivity contribution is 0.629. The number of hydrogen-bond acceptors (Lipinski definition) is 2. The van der Waals surface area contributed by atoms with E-state index in [0.717, 1.165) is 10.8 Å². The van der Waals surface area contributed by atoms with Gasteiger partial charge in [-0.25, -0.2) is 18.5 Å². The van der Waals surface area contributed by atoms with Gasteiger partial charge >= 0.3 is 0 Å². The average molecular weight is 416 g/mol. The van der Waals surface area contributed by atoms with Gasteiger partial charge in [0.25, 0.3) is 0 Å². The highest BCUT2D eigenvalue weighted by Gasteiger charge is 2.17. The maximum absolute atomic E-state index is 14.2.